The Bertz CT molecular complexity index is 483. The molecule has 1 heterocycles. The molecule has 1 atom stereocenters. The van der Waals surface area contributed by atoms with Gasteiger partial charge in [-0.05, 0) is 40.8 Å². The van der Waals surface area contributed by atoms with Gasteiger partial charge in [0.2, 0.25) is 5.91 Å². The minimum Gasteiger partial charge on any atom is -0.334 e. The van der Waals surface area contributed by atoms with Crippen LogP contribution in [0.2, 0.25) is 5.02 Å². The molecule has 1 fully saturated rings. The largest absolute Gasteiger partial charge is 0.334 e. The van der Waals surface area contributed by atoms with Crippen LogP contribution in [0.4, 0.5) is 10.5 Å². The number of halogens is 2. The molecule has 4 nitrogen and oxygen atoms in total. The lowest BCUT2D eigenvalue weighted by Crippen LogP contribution is -2.38. The second-order valence-corrected chi connectivity index (χ2v) is 6.00. The fraction of sp³-hybridized carbons (Fsp3) is 0.200. The van der Waals surface area contributed by atoms with Crippen LogP contribution >= 0.6 is 46.0 Å². The standard InChI is InChI=1S/C10H8ClIN2O2S/c11-5-1-2-7(6(12)3-5)13-9(15)8-4-17-10(16)14-8/h1-3,8H,4H2,(H,13,15)(H,14,16). The van der Waals surface area contributed by atoms with Crippen LogP contribution in [-0.4, -0.2) is 22.9 Å². The summed E-state index contributed by atoms with van der Waals surface area (Å²) < 4.78 is 0.862. The van der Waals surface area contributed by atoms with Crippen molar-refractivity contribution in [3.05, 3.63) is 26.8 Å². The molecule has 1 unspecified atom stereocenters. The number of rotatable bonds is 2. The highest BCUT2D eigenvalue weighted by molar-refractivity contribution is 14.1. The summed E-state index contributed by atoms with van der Waals surface area (Å²) in [4.78, 5) is 22.8. The van der Waals surface area contributed by atoms with Gasteiger partial charge in [-0.2, -0.15) is 0 Å². The van der Waals surface area contributed by atoms with Crippen LogP contribution < -0.4 is 10.6 Å². The smallest absolute Gasteiger partial charge is 0.279 e. The quantitative estimate of drug-likeness (QED) is 0.773. The molecule has 0 aliphatic carbocycles. The minimum atomic E-state index is -0.459. The summed E-state index contributed by atoms with van der Waals surface area (Å²) in [5.41, 5.74) is 0.700. The van der Waals surface area contributed by atoms with Crippen LogP contribution in [0.3, 0.4) is 0 Å². The Morgan fingerprint density at radius 3 is 2.94 bits per heavy atom. The SMILES string of the molecule is O=C1NC(C(=O)Nc2ccc(Cl)cc2I)CS1. The summed E-state index contributed by atoms with van der Waals surface area (Å²) in [6, 6.07) is 4.76. The Kier molecular flexibility index (Phi) is 4.16. The van der Waals surface area contributed by atoms with E-state index in [0.717, 1.165) is 15.3 Å². The van der Waals surface area contributed by atoms with Crippen LogP contribution in [0.5, 0.6) is 0 Å². The van der Waals surface area contributed by atoms with Gasteiger partial charge in [0, 0.05) is 14.3 Å². The first-order valence-corrected chi connectivity index (χ1v) is 7.19. The molecule has 1 saturated heterocycles. The number of nitrogens with one attached hydrogen (secondary N) is 2. The van der Waals surface area contributed by atoms with Gasteiger partial charge in [0.15, 0.2) is 0 Å². The van der Waals surface area contributed by atoms with Gasteiger partial charge in [0.25, 0.3) is 5.24 Å². The van der Waals surface area contributed by atoms with Gasteiger partial charge in [0.05, 0.1) is 5.69 Å². The summed E-state index contributed by atoms with van der Waals surface area (Å²) in [6.07, 6.45) is 0. The molecule has 0 bridgehead atoms. The van der Waals surface area contributed by atoms with Crippen molar-refractivity contribution in [2.75, 3.05) is 11.1 Å². The molecule has 17 heavy (non-hydrogen) atoms. The van der Waals surface area contributed by atoms with Crippen molar-refractivity contribution in [3.8, 4) is 0 Å². The molecule has 1 aromatic rings. The van der Waals surface area contributed by atoms with Gasteiger partial charge >= 0.3 is 0 Å². The predicted molar refractivity (Wildman–Crippen MR) is 77.6 cm³/mol. The molecule has 1 aromatic carbocycles. The lowest BCUT2D eigenvalue weighted by atomic mass is 10.2. The Morgan fingerprint density at radius 1 is 1.59 bits per heavy atom. The van der Waals surface area contributed by atoms with Crippen LogP contribution in [-0.2, 0) is 4.79 Å². The number of carbonyl (C=O) groups excluding carboxylic acids is 2. The average Bonchev–Trinajstić information content (AvgIpc) is 2.69. The van der Waals surface area contributed by atoms with Crippen molar-refractivity contribution in [1.29, 1.82) is 0 Å². The summed E-state index contributed by atoms with van der Waals surface area (Å²) in [7, 11) is 0. The second-order valence-electron chi connectivity index (χ2n) is 3.41. The van der Waals surface area contributed by atoms with Crippen LogP contribution in [0.25, 0.3) is 0 Å². The highest BCUT2D eigenvalue weighted by Gasteiger charge is 2.28. The Balaban J connectivity index is 2.05. The number of carbonyl (C=O) groups is 2. The van der Waals surface area contributed by atoms with E-state index in [4.69, 9.17) is 11.6 Å². The van der Waals surface area contributed by atoms with E-state index in [1.165, 1.54) is 0 Å². The second kappa shape index (κ2) is 5.45. The van der Waals surface area contributed by atoms with E-state index in [1.54, 1.807) is 18.2 Å². The molecule has 0 saturated carbocycles. The molecule has 0 aromatic heterocycles. The van der Waals surface area contributed by atoms with E-state index >= 15 is 0 Å². The summed E-state index contributed by atoms with van der Waals surface area (Å²) >= 11 is 9.03. The summed E-state index contributed by atoms with van der Waals surface area (Å²) in [6.45, 7) is 0. The molecule has 2 N–H and O–H groups in total. The number of hydrogen-bond donors (Lipinski definition) is 2. The molecule has 7 heteroatoms. The topological polar surface area (TPSA) is 58.2 Å². The maximum Gasteiger partial charge on any atom is 0.279 e. The molecule has 0 radical (unpaired) electrons. The molecule has 2 rings (SSSR count). The van der Waals surface area contributed by atoms with Gasteiger partial charge in [-0.15, -0.1) is 0 Å². The first kappa shape index (κ1) is 13.0. The highest BCUT2D eigenvalue weighted by atomic mass is 127. The van der Waals surface area contributed by atoms with E-state index < -0.39 is 6.04 Å². The third kappa shape index (κ3) is 3.26. The Labute approximate surface area is 121 Å². The fourth-order valence-electron chi connectivity index (χ4n) is 1.34. The van der Waals surface area contributed by atoms with E-state index in [0.29, 0.717) is 16.5 Å². The lowest BCUT2D eigenvalue weighted by molar-refractivity contribution is -0.117. The van der Waals surface area contributed by atoms with Crippen molar-refractivity contribution in [3.63, 3.8) is 0 Å². The molecular formula is C10H8ClIN2O2S. The number of benzene rings is 1. The van der Waals surface area contributed by atoms with E-state index in [2.05, 4.69) is 33.2 Å². The van der Waals surface area contributed by atoms with Crippen LogP contribution in [0, 0.1) is 3.57 Å². The molecular weight excluding hydrogens is 375 g/mol. The molecule has 1 aliphatic rings. The van der Waals surface area contributed by atoms with Crippen molar-refractivity contribution in [2.24, 2.45) is 0 Å². The molecule has 1 aliphatic heterocycles. The molecule has 90 valence electrons. The lowest BCUT2D eigenvalue weighted by Gasteiger charge is -2.11. The van der Waals surface area contributed by atoms with Crippen LogP contribution in [0.1, 0.15) is 0 Å². The number of hydrogen-bond acceptors (Lipinski definition) is 3. The third-order valence-electron chi connectivity index (χ3n) is 2.18. The Hall–Kier alpha value is -0.470. The maximum absolute atomic E-state index is 11.8. The van der Waals surface area contributed by atoms with Crippen molar-refractivity contribution >= 4 is 62.8 Å². The number of anilines is 1. The van der Waals surface area contributed by atoms with Gasteiger partial charge < -0.3 is 10.6 Å². The van der Waals surface area contributed by atoms with E-state index in [-0.39, 0.29) is 11.1 Å². The van der Waals surface area contributed by atoms with Gasteiger partial charge in [-0.1, -0.05) is 23.4 Å². The van der Waals surface area contributed by atoms with Crippen LogP contribution in [0.15, 0.2) is 18.2 Å². The van der Waals surface area contributed by atoms with Crippen molar-refractivity contribution in [1.82, 2.24) is 5.32 Å². The molecule has 2 amide bonds. The first-order chi connectivity index (χ1) is 8.06. The number of amides is 2. The zero-order valence-corrected chi connectivity index (χ0v) is 12.2. The number of thioether (sulfide) groups is 1. The van der Waals surface area contributed by atoms with Gasteiger partial charge in [0.1, 0.15) is 6.04 Å². The highest BCUT2D eigenvalue weighted by Crippen LogP contribution is 2.23. The normalized spacial score (nSPS) is 18.9. The average molecular weight is 383 g/mol. The summed E-state index contributed by atoms with van der Waals surface area (Å²) in [5, 5.41) is 5.82. The zero-order chi connectivity index (χ0) is 12.4. The fourth-order valence-corrected chi connectivity index (χ4v) is 3.12. The summed E-state index contributed by atoms with van der Waals surface area (Å²) in [5.74, 6) is 0.262. The van der Waals surface area contributed by atoms with Crippen molar-refractivity contribution < 1.29 is 9.59 Å². The zero-order valence-electron chi connectivity index (χ0n) is 8.50. The van der Waals surface area contributed by atoms with E-state index in [1.807, 2.05) is 0 Å². The Morgan fingerprint density at radius 2 is 2.35 bits per heavy atom. The van der Waals surface area contributed by atoms with Crippen molar-refractivity contribution in [2.45, 2.75) is 6.04 Å². The minimum absolute atomic E-state index is 0.157. The first-order valence-electron chi connectivity index (χ1n) is 4.75. The molecule has 0 spiro atoms. The van der Waals surface area contributed by atoms with Gasteiger partial charge in [-0.25, -0.2) is 0 Å². The third-order valence-corrected chi connectivity index (χ3v) is 4.19. The maximum atomic E-state index is 11.8. The van der Waals surface area contributed by atoms with Gasteiger partial charge in [-0.3, -0.25) is 9.59 Å². The predicted octanol–water partition coefficient (Wildman–Crippen LogP) is 2.71. The van der Waals surface area contributed by atoms with E-state index in [9.17, 15) is 9.59 Å². The monoisotopic (exact) mass is 382 g/mol.